The molecule has 2 aliphatic carbocycles. The third kappa shape index (κ3) is 4.28. The molecule has 1 N–H and O–H groups in total. The maximum absolute atomic E-state index is 12.4. The van der Waals surface area contributed by atoms with Crippen molar-refractivity contribution in [2.75, 3.05) is 0 Å². The Morgan fingerprint density at radius 3 is 2.44 bits per heavy atom. The molecule has 1 aromatic rings. The third-order valence-electron chi connectivity index (χ3n) is 5.55. The van der Waals surface area contributed by atoms with Crippen LogP contribution in [0.2, 0.25) is 0 Å². The molecule has 4 heteroatoms. The lowest BCUT2D eigenvalue weighted by atomic mass is 9.82. The van der Waals surface area contributed by atoms with E-state index in [0.29, 0.717) is 18.4 Å². The van der Waals surface area contributed by atoms with Gasteiger partial charge in [0.2, 0.25) is 5.91 Å². The molecule has 0 saturated heterocycles. The number of carbonyl (C=O) groups excluding carboxylic acids is 2. The zero-order valence-corrected chi connectivity index (χ0v) is 14.8. The highest BCUT2D eigenvalue weighted by molar-refractivity contribution is 5.98. The van der Waals surface area contributed by atoms with Crippen molar-refractivity contribution in [2.24, 2.45) is 0 Å². The van der Waals surface area contributed by atoms with Crippen LogP contribution in [0, 0.1) is 11.3 Å². The van der Waals surface area contributed by atoms with E-state index < -0.39 is 5.54 Å². The van der Waals surface area contributed by atoms with Gasteiger partial charge >= 0.3 is 0 Å². The van der Waals surface area contributed by atoms with Crippen LogP contribution < -0.4 is 5.32 Å². The molecule has 1 amide bonds. The summed E-state index contributed by atoms with van der Waals surface area (Å²) in [6, 6.07) is 8.25. The van der Waals surface area contributed by atoms with Gasteiger partial charge < -0.3 is 5.32 Å². The first-order valence-corrected chi connectivity index (χ1v) is 9.49. The summed E-state index contributed by atoms with van der Waals surface area (Å²) in [6.07, 6.45) is 9.40. The maximum atomic E-state index is 12.4. The van der Waals surface area contributed by atoms with Gasteiger partial charge in [-0.05, 0) is 55.7 Å². The molecule has 1 aromatic carbocycles. The number of hydrogen-bond donors (Lipinski definition) is 1. The number of benzene rings is 1. The molecule has 0 radical (unpaired) electrons. The lowest BCUT2D eigenvalue weighted by Crippen LogP contribution is -2.48. The second-order valence-corrected chi connectivity index (χ2v) is 7.42. The Bertz CT molecular complexity index is 696. The molecule has 0 atom stereocenters. The van der Waals surface area contributed by atoms with Crippen LogP contribution in [-0.4, -0.2) is 17.2 Å². The molecule has 0 heterocycles. The fourth-order valence-corrected chi connectivity index (χ4v) is 4.03. The standard InChI is InChI=1S/C21H26N2O2/c22-15-21(12-4-1-5-13-21)23-20(25)11-10-19(24)18-9-8-16-6-2-3-7-17(16)14-18/h8-9,14H,1-7,10-13H2,(H,23,25). The summed E-state index contributed by atoms with van der Waals surface area (Å²) in [6.45, 7) is 0. The highest BCUT2D eigenvalue weighted by Gasteiger charge is 2.33. The van der Waals surface area contributed by atoms with E-state index in [9.17, 15) is 14.9 Å². The van der Waals surface area contributed by atoms with Crippen molar-refractivity contribution < 1.29 is 9.59 Å². The van der Waals surface area contributed by atoms with E-state index in [1.54, 1.807) is 0 Å². The van der Waals surface area contributed by atoms with Crippen LogP contribution >= 0.6 is 0 Å². The van der Waals surface area contributed by atoms with Gasteiger partial charge in [-0.25, -0.2) is 0 Å². The maximum Gasteiger partial charge on any atom is 0.221 e. The summed E-state index contributed by atoms with van der Waals surface area (Å²) in [4.78, 5) is 24.7. The zero-order chi connectivity index (χ0) is 17.7. The summed E-state index contributed by atoms with van der Waals surface area (Å²) in [7, 11) is 0. The van der Waals surface area contributed by atoms with E-state index in [1.165, 1.54) is 24.0 Å². The number of nitriles is 1. The number of rotatable bonds is 5. The Balaban J connectivity index is 1.55. The second kappa shape index (κ2) is 7.82. The number of amides is 1. The number of aryl methyl sites for hydroxylation is 2. The van der Waals surface area contributed by atoms with E-state index in [1.807, 2.05) is 12.1 Å². The SMILES string of the molecule is N#CC1(NC(=O)CCC(=O)c2ccc3c(c2)CCCC3)CCCCC1. The van der Waals surface area contributed by atoms with Crippen LogP contribution in [0.4, 0.5) is 0 Å². The second-order valence-electron chi connectivity index (χ2n) is 7.42. The van der Waals surface area contributed by atoms with E-state index in [2.05, 4.69) is 17.5 Å². The van der Waals surface area contributed by atoms with Crippen molar-refractivity contribution in [3.8, 4) is 6.07 Å². The predicted octanol–water partition coefficient (Wildman–Crippen LogP) is 3.87. The highest BCUT2D eigenvalue weighted by Crippen LogP contribution is 2.28. The van der Waals surface area contributed by atoms with Gasteiger partial charge in [0.1, 0.15) is 5.54 Å². The molecule has 0 bridgehead atoms. The van der Waals surface area contributed by atoms with Gasteiger partial charge in [0, 0.05) is 18.4 Å². The summed E-state index contributed by atoms with van der Waals surface area (Å²) < 4.78 is 0. The number of Topliss-reactive ketones (excluding diaryl/α,β-unsaturated/α-hetero) is 1. The van der Waals surface area contributed by atoms with Gasteiger partial charge in [-0.2, -0.15) is 5.26 Å². The smallest absolute Gasteiger partial charge is 0.221 e. The Labute approximate surface area is 149 Å². The highest BCUT2D eigenvalue weighted by atomic mass is 16.2. The van der Waals surface area contributed by atoms with E-state index in [0.717, 1.165) is 32.1 Å². The molecule has 1 saturated carbocycles. The minimum Gasteiger partial charge on any atom is -0.338 e. The van der Waals surface area contributed by atoms with Crippen molar-refractivity contribution in [3.05, 3.63) is 34.9 Å². The van der Waals surface area contributed by atoms with Crippen molar-refractivity contribution in [1.82, 2.24) is 5.32 Å². The molecule has 0 unspecified atom stereocenters. The molecule has 3 rings (SSSR count). The van der Waals surface area contributed by atoms with Crippen molar-refractivity contribution in [1.29, 1.82) is 5.26 Å². The van der Waals surface area contributed by atoms with Crippen LogP contribution in [0.5, 0.6) is 0 Å². The normalized spacial score (nSPS) is 18.7. The third-order valence-corrected chi connectivity index (χ3v) is 5.55. The molecule has 25 heavy (non-hydrogen) atoms. The number of nitrogens with zero attached hydrogens (tertiary/aromatic N) is 1. The minimum atomic E-state index is -0.718. The topological polar surface area (TPSA) is 70.0 Å². The van der Waals surface area contributed by atoms with Crippen molar-refractivity contribution in [2.45, 2.75) is 76.2 Å². The molecule has 2 aliphatic rings. The largest absolute Gasteiger partial charge is 0.338 e. The van der Waals surface area contributed by atoms with Gasteiger partial charge in [0.25, 0.3) is 0 Å². The Kier molecular flexibility index (Phi) is 5.53. The summed E-state index contributed by atoms with van der Waals surface area (Å²) >= 11 is 0. The van der Waals surface area contributed by atoms with E-state index in [4.69, 9.17) is 0 Å². The van der Waals surface area contributed by atoms with E-state index in [-0.39, 0.29) is 24.5 Å². The molecule has 1 fully saturated rings. The fraction of sp³-hybridized carbons (Fsp3) is 0.571. The molecule has 132 valence electrons. The van der Waals surface area contributed by atoms with Crippen LogP contribution in [0.25, 0.3) is 0 Å². The average Bonchev–Trinajstić information content (AvgIpc) is 2.66. The van der Waals surface area contributed by atoms with E-state index >= 15 is 0 Å². The van der Waals surface area contributed by atoms with Gasteiger partial charge in [-0.1, -0.05) is 31.4 Å². The Hall–Kier alpha value is -2.15. The Morgan fingerprint density at radius 1 is 1.00 bits per heavy atom. The van der Waals surface area contributed by atoms with Gasteiger partial charge in [0.15, 0.2) is 5.78 Å². The monoisotopic (exact) mass is 338 g/mol. The Morgan fingerprint density at radius 2 is 1.72 bits per heavy atom. The molecular weight excluding hydrogens is 312 g/mol. The number of carbonyl (C=O) groups is 2. The fourth-order valence-electron chi connectivity index (χ4n) is 4.03. The van der Waals surface area contributed by atoms with Crippen LogP contribution in [0.1, 0.15) is 79.3 Å². The number of hydrogen-bond acceptors (Lipinski definition) is 3. The van der Waals surface area contributed by atoms with Gasteiger partial charge in [0.05, 0.1) is 6.07 Å². The van der Waals surface area contributed by atoms with Crippen LogP contribution in [0.3, 0.4) is 0 Å². The van der Waals surface area contributed by atoms with Gasteiger partial charge in [-0.3, -0.25) is 9.59 Å². The lowest BCUT2D eigenvalue weighted by Gasteiger charge is -2.31. The van der Waals surface area contributed by atoms with Crippen molar-refractivity contribution >= 4 is 11.7 Å². The van der Waals surface area contributed by atoms with Gasteiger partial charge in [-0.15, -0.1) is 0 Å². The number of ketones is 1. The molecular formula is C21H26N2O2. The lowest BCUT2D eigenvalue weighted by molar-refractivity contribution is -0.122. The van der Waals surface area contributed by atoms with Crippen LogP contribution in [-0.2, 0) is 17.6 Å². The summed E-state index contributed by atoms with van der Waals surface area (Å²) in [5.41, 5.74) is 2.63. The average molecular weight is 338 g/mol. The molecule has 0 aliphatic heterocycles. The van der Waals surface area contributed by atoms with Crippen molar-refractivity contribution in [3.63, 3.8) is 0 Å². The number of fused-ring (bicyclic) bond motifs is 1. The predicted molar refractivity (Wildman–Crippen MR) is 96.2 cm³/mol. The van der Waals surface area contributed by atoms with Crippen LogP contribution in [0.15, 0.2) is 18.2 Å². The first-order valence-electron chi connectivity index (χ1n) is 9.49. The quantitative estimate of drug-likeness (QED) is 0.829. The number of nitrogens with one attached hydrogen (secondary N) is 1. The minimum absolute atomic E-state index is 0.0122. The molecule has 0 spiro atoms. The summed E-state index contributed by atoms with van der Waals surface area (Å²) in [5, 5.41) is 12.3. The first kappa shape index (κ1) is 17.7. The summed E-state index contributed by atoms with van der Waals surface area (Å²) in [5.74, 6) is -0.173. The molecule has 0 aromatic heterocycles. The first-order chi connectivity index (χ1) is 12.1. The zero-order valence-electron chi connectivity index (χ0n) is 14.8. The molecule has 4 nitrogen and oxygen atoms in total.